The Morgan fingerprint density at radius 1 is 1.15 bits per heavy atom. The quantitative estimate of drug-likeness (QED) is 0.581. The van der Waals surface area contributed by atoms with Crippen LogP contribution in [0.5, 0.6) is 0 Å². The predicted molar refractivity (Wildman–Crippen MR) is 104 cm³/mol. The molecule has 1 aromatic heterocycles. The summed E-state index contributed by atoms with van der Waals surface area (Å²) in [6.45, 7) is 4.69. The first kappa shape index (κ1) is 18.9. The number of pyridine rings is 1. The molecular formula is C17H28N6O2S. The summed E-state index contributed by atoms with van der Waals surface area (Å²) < 4.78 is 26.8. The summed E-state index contributed by atoms with van der Waals surface area (Å²) in [5.41, 5.74) is 0. The van der Waals surface area contributed by atoms with Crippen LogP contribution in [0.25, 0.3) is 0 Å². The molecule has 8 nitrogen and oxygen atoms in total. The molecule has 3 rings (SSSR count). The fourth-order valence-corrected chi connectivity index (χ4v) is 4.76. The number of piperazine rings is 1. The van der Waals surface area contributed by atoms with Crippen LogP contribution in [0.4, 0.5) is 5.82 Å². The molecule has 0 radical (unpaired) electrons. The van der Waals surface area contributed by atoms with Crippen molar-refractivity contribution in [2.75, 3.05) is 63.5 Å². The molecule has 0 bridgehead atoms. The maximum absolute atomic E-state index is 12.6. The molecule has 26 heavy (non-hydrogen) atoms. The Morgan fingerprint density at radius 3 is 2.50 bits per heavy atom. The first-order valence-electron chi connectivity index (χ1n) is 9.19. The second kappa shape index (κ2) is 8.68. The number of nitrogens with one attached hydrogen (secondary N) is 1. The van der Waals surface area contributed by atoms with E-state index in [9.17, 15) is 8.42 Å². The van der Waals surface area contributed by atoms with Crippen LogP contribution >= 0.6 is 0 Å². The van der Waals surface area contributed by atoms with Crippen LogP contribution in [0, 0.1) is 0 Å². The van der Waals surface area contributed by atoms with Crippen LogP contribution in [0.1, 0.15) is 12.8 Å². The highest BCUT2D eigenvalue weighted by molar-refractivity contribution is 7.89. The molecule has 2 saturated heterocycles. The van der Waals surface area contributed by atoms with Gasteiger partial charge in [0.05, 0.1) is 5.75 Å². The minimum atomic E-state index is -3.27. The number of nitrogens with zero attached hydrogens (tertiary/aromatic N) is 5. The lowest BCUT2D eigenvalue weighted by molar-refractivity contribution is 0.383. The van der Waals surface area contributed by atoms with Crippen LogP contribution in [-0.2, 0) is 10.0 Å². The molecular weight excluding hydrogens is 352 g/mol. The van der Waals surface area contributed by atoms with Crippen LogP contribution in [-0.4, -0.2) is 87.2 Å². The third-order valence-corrected chi connectivity index (χ3v) is 6.74. The highest BCUT2D eigenvalue weighted by Crippen LogP contribution is 2.14. The van der Waals surface area contributed by atoms with Gasteiger partial charge in [-0.1, -0.05) is 6.07 Å². The summed E-state index contributed by atoms with van der Waals surface area (Å²) >= 11 is 0. The van der Waals surface area contributed by atoms with E-state index >= 15 is 0 Å². The zero-order valence-corrected chi connectivity index (χ0v) is 16.2. The molecule has 1 N–H and O–H groups in total. The van der Waals surface area contributed by atoms with Crippen molar-refractivity contribution in [2.45, 2.75) is 12.8 Å². The average molecular weight is 381 g/mol. The van der Waals surface area contributed by atoms with Gasteiger partial charge in [0.15, 0.2) is 5.96 Å². The van der Waals surface area contributed by atoms with Gasteiger partial charge < -0.3 is 15.1 Å². The highest BCUT2D eigenvalue weighted by Gasteiger charge is 2.27. The van der Waals surface area contributed by atoms with Crippen LogP contribution in [0.15, 0.2) is 29.4 Å². The number of rotatable bonds is 5. The second-order valence-electron chi connectivity index (χ2n) is 6.56. The third-order valence-electron chi connectivity index (χ3n) is 4.87. The van der Waals surface area contributed by atoms with Crippen molar-refractivity contribution in [3.8, 4) is 0 Å². The van der Waals surface area contributed by atoms with Gasteiger partial charge >= 0.3 is 0 Å². The zero-order valence-electron chi connectivity index (χ0n) is 15.3. The van der Waals surface area contributed by atoms with Crippen molar-refractivity contribution in [1.82, 2.24) is 19.5 Å². The molecule has 0 aliphatic carbocycles. The number of aliphatic imine (C=N–C) groups is 1. The Balaban J connectivity index is 1.46. The third kappa shape index (κ3) is 4.64. The number of sulfonamides is 1. The van der Waals surface area contributed by atoms with Crippen molar-refractivity contribution in [3.63, 3.8) is 0 Å². The molecule has 144 valence electrons. The molecule has 0 spiro atoms. The fourth-order valence-electron chi connectivity index (χ4n) is 3.42. The number of anilines is 1. The SMILES string of the molecule is CN=C(NCCS(=O)(=O)N1CCN(c2ccccn2)CC1)N1CCCC1. The second-order valence-corrected chi connectivity index (χ2v) is 8.65. The first-order valence-corrected chi connectivity index (χ1v) is 10.8. The molecule has 0 atom stereocenters. The van der Waals surface area contributed by atoms with Gasteiger partial charge in [-0.2, -0.15) is 4.31 Å². The van der Waals surface area contributed by atoms with Crippen LogP contribution < -0.4 is 10.2 Å². The standard InChI is InChI=1S/C17H28N6O2S/c1-18-17(22-9-4-5-10-22)20-8-15-26(24,25)23-13-11-21(12-14-23)16-6-2-3-7-19-16/h2-3,6-7H,4-5,8-15H2,1H3,(H,18,20). The number of hydrogen-bond donors (Lipinski definition) is 1. The number of aromatic nitrogens is 1. The smallest absolute Gasteiger partial charge is 0.215 e. The number of guanidine groups is 1. The van der Waals surface area contributed by atoms with Crippen molar-refractivity contribution < 1.29 is 8.42 Å². The van der Waals surface area contributed by atoms with E-state index in [4.69, 9.17) is 0 Å². The Hall–Kier alpha value is -1.87. The van der Waals surface area contributed by atoms with Crippen molar-refractivity contribution in [2.24, 2.45) is 4.99 Å². The maximum Gasteiger partial charge on any atom is 0.215 e. The van der Waals surface area contributed by atoms with E-state index in [0.29, 0.717) is 32.7 Å². The summed E-state index contributed by atoms with van der Waals surface area (Å²) in [5.74, 6) is 1.79. The monoisotopic (exact) mass is 380 g/mol. The van der Waals surface area contributed by atoms with Crippen molar-refractivity contribution in [3.05, 3.63) is 24.4 Å². The molecule has 9 heteroatoms. The van der Waals surface area contributed by atoms with E-state index < -0.39 is 10.0 Å². The highest BCUT2D eigenvalue weighted by atomic mass is 32.2. The maximum atomic E-state index is 12.6. The Bertz CT molecular complexity index is 695. The van der Waals surface area contributed by atoms with Gasteiger partial charge in [0.25, 0.3) is 0 Å². The van der Waals surface area contributed by atoms with E-state index in [2.05, 4.69) is 25.1 Å². The molecule has 3 heterocycles. The van der Waals surface area contributed by atoms with Gasteiger partial charge in [0.1, 0.15) is 5.82 Å². The average Bonchev–Trinajstić information content (AvgIpc) is 3.20. The number of likely N-dealkylation sites (tertiary alicyclic amines) is 1. The van der Waals surface area contributed by atoms with E-state index in [-0.39, 0.29) is 5.75 Å². The van der Waals surface area contributed by atoms with E-state index in [1.807, 2.05) is 18.2 Å². The fraction of sp³-hybridized carbons (Fsp3) is 0.647. The topological polar surface area (TPSA) is 81.1 Å². The van der Waals surface area contributed by atoms with Gasteiger partial charge in [0.2, 0.25) is 10.0 Å². The lowest BCUT2D eigenvalue weighted by Gasteiger charge is -2.34. The van der Waals surface area contributed by atoms with E-state index in [1.54, 1.807) is 17.5 Å². The summed E-state index contributed by atoms with van der Waals surface area (Å²) in [5, 5.41) is 3.19. The van der Waals surface area contributed by atoms with Gasteiger partial charge in [0, 0.05) is 59.1 Å². The minimum Gasteiger partial charge on any atom is -0.355 e. The Morgan fingerprint density at radius 2 is 1.88 bits per heavy atom. The predicted octanol–water partition coefficient (Wildman–Crippen LogP) is 0.205. The van der Waals surface area contributed by atoms with E-state index in [1.165, 1.54) is 12.8 Å². The first-order chi connectivity index (χ1) is 12.6. The summed E-state index contributed by atoms with van der Waals surface area (Å²) in [4.78, 5) is 12.9. The molecule has 0 amide bonds. The molecule has 0 unspecified atom stereocenters. The summed E-state index contributed by atoms with van der Waals surface area (Å²) in [6, 6.07) is 5.79. The van der Waals surface area contributed by atoms with Gasteiger partial charge in [-0.25, -0.2) is 13.4 Å². The van der Waals surface area contributed by atoms with Gasteiger partial charge in [-0.3, -0.25) is 4.99 Å². The van der Waals surface area contributed by atoms with Gasteiger partial charge in [-0.05, 0) is 25.0 Å². The summed E-state index contributed by atoms with van der Waals surface area (Å²) in [6.07, 6.45) is 4.09. The largest absolute Gasteiger partial charge is 0.355 e. The normalized spacial score (nSPS) is 19.8. The summed E-state index contributed by atoms with van der Waals surface area (Å²) in [7, 11) is -1.52. The molecule has 0 aromatic carbocycles. The molecule has 2 aliphatic heterocycles. The lowest BCUT2D eigenvalue weighted by atomic mass is 10.3. The molecule has 1 aromatic rings. The molecule has 2 fully saturated rings. The zero-order chi connectivity index (χ0) is 18.4. The minimum absolute atomic E-state index is 0.0868. The Kier molecular flexibility index (Phi) is 6.31. The van der Waals surface area contributed by atoms with Crippen LogP contribution in [0.3, 0.4) is 0 Å². The van der Waals surface area contributed by atoms with Crippen molar-refractivity contribution in [1.29, 1.82) is 0 Å². The lowest BCUT2D eigenvalue weighted by Crippen LogP contribution is -2.50. The van der Waals surface area contributed by atoms with Crippen LogP contribution in [0.2, 0.25) is 0 Å². The molecule has 2 aliphatic rings. The van der Waals surface area contributed by atoms with E-state index in [0.717, 1.165) is 24.9 Å². The Labute approximate surface area is 156 Å². The van der Waals surface area contributed by atoms with Crippen molar-refractivity contribution >= 4 is 21.8 Å². The number of hydrogen-bond acceptors (Lipinski definition) is 5. The molecule has 0 saturated carbocycles. The van der Waals surface area contributed by atoms with Gasteiger partial charge in [-0.15, -0.1) is 0 Å².